The Labute approximate surface area is 96.7 Å². The van der Waals surface area contributed by atoms with Gasteiger partial charge in [0.15, 0.2) is 0 Å². The Morgan fingerprint density at radius 2 is 2.00 bits per heavy atom. The largest absolute Gasteiger partial charge is 0.317 e. The fourth-order valence-corrected chi connectivity index (χ4v) is 1.76. The molecular weight excluding hydrogens is 196 g/mol. The summed E-state index contributed by atoms with van der Waals surface area (Å²) in [6, 6.07) is 13.1. The third-order valence-corrected chi connectivity index (χ3v) is 2.98. The van der Waals surface area contributed by atoms with Crippen molar-refractivity contribution in [1.82, 2.24) is 10.3 Å². The van der Waals surface area contributed by atoms with Crippen LogP contribution in [0, 0.1) is 0 Å². The number of pyridine rings is 1. The van der Waals surface area contributed by atoms with E-state index in [0.29, 0.717) is 6.04 Å². The molecule has 84 valence electrons. The molecule has 0 bridgehead atoms. The van der Waals surface area contributed by atoms with E-state index in [1.54, 1.807) is 0 Å². The van der Waals surface area contributed by atoms with Gasteiger partial charge in [-0.25, -0.2) is 0 Å². The molecule has 0 saturated carbocycles. The second-order valence-electron chi connectivity index (χ2n) is 4.22. The molecule has 0 aliphatic carbocycles. The first-order valence-electron chi connectivity index (χ1n) is 5.81. The maximum atomic E-state index is 4.65. The van der Waals surface area contributed by atoms with Crippen molar-refractivity contribution < 1.29 is 0 Å². The van der Waals surface area contributed by atoms with Gasteiger partial charge in [-0.15, -0.1) is 0 Å². The molecule has 0 fully saturated rings. The highest BCUT2D eigenvalue weighted by molar-refractivity contribution is 5.78. The number of nitrogens with zero attached hydrogens (tertiary/aromatic N) is 1. The zero-order valence-corrected chi connectivity index (χ0v) is 9.90. The lowest BCUT2D eigenvalue weighted by atomic mass is 10.1. The highest BCUT2D eigenvalue weighted by Crippen LogP contribution is 2.13. The summed E-state index contributed by atoms with van der Waals surface area (Å²) in [6.07, 6.45) is 2.16. The third-order valence-electron chi connectivity index (χ3n) is 2.98. The van der Waals surface area contributed by atoms with Crippen LogP contribution in [0.5, 0.6) is 0 Å². The molecule has 0 aliphatic rings. The molecule has 1 unspecified atom stereocenters. The van der Waals surface area contributed by atoms with Gasteiger partial charge in [-0.1, -0.05) is 24.3 Å². The van der Waals surface area contributed by atoms with Crippen LogP contribution in [0.4, 0.5) is 0 Å². The molecule has 0 saturated heterocycles. The van der Waals surface area contributed by atoms with Crippen molar-refractivity contribution in [2.24, 2.45) is 0 Å². The van der Waals surface area contributed by atoms with Gasteiger partial charge in [-0.05, 0) is 38.9 Å². The molecule has 16 heavy (non-hydrogen) atoms. The summed E-state index contributed by atoms with van der Waals surface area (Å²) in [4.78, 5) is 4.65. The molecular formula is C14H18N2. The maximum absolute atomic E-state index is 4.65. The summed E-state index contributed by atoms with van der Waals surface area (Å²) < 4.78 is 0. The molecule has 1 aromatic heterocycles. The maximum Gasteiger partial charge on any atom is 0.0705 e. The van der Waals surface area contributed by atoms with Crippen LogP contribution in [0.1, 0.15) is 19.0 Å². The second-order valence-corrected chi connectivity index (χ2v) is 4.22. The Morgan fingerprint density at radius 3 is 2.81 bits per heavy atom. The number of rotatable bonds is 4. The van der Waals surface area contributed by atoms with E-state index in [0.717, 1.165) is 18.4 Å². The van der Waals surface area contributed by atoms with Crippen molar-refractivity contribution in [2.45, 2.75) is 25.8 Å². The van der Waals surface area contributed by atoms with E-state index in [2.05, 4.69) is 41.5 Å². The summed E-state index contributed by atoms with van der Waals surface area (Å²) in [7, 11) is 2.00. The van der Waals surface area contributed by atoms with Crippen LogP contribution in [0.3, 0.4) is 0 Å². The van der Waals surface area contributed by atoms with E-state index < -0.39 is 0 Å². The number of aryl methyl sites for hydroxylation is 1. The number of hydrogen-bond acceptors (Lipinski definition) is 2. The third kappa shape index (κ3) is 2.58. The van der Waals surface area contributed by atoms with Crippen molar-refractivity contribution in [2.75, 3.05) is 7.05 Å². The first-order valence-corrected chi connectivity index (χ1v) is 5.81. The predicted molar refractivity (Wildman–Crippen MR) is 68.6 cm³/mol. The van der Waals surface area contributed by atoms with Crippen molar-refractivity contribution in [3.05, 3.63) is 42.1 Å². The molecule has 1 heterocycles. The SMILES string of the molecule is CNC(C)CCc1ccc2ccccc2n1. The second kappa shape index (κ2) is 5.08. The van der Waals surface area contributed by atoms with Gasteiger partial charge in [0.05, 0.1) is 5.52 Å². The Bertz CT molecular complexity index is 465. The Balaban J connectivity index is 2.13. The lowest BCUT2D eigenvalue weighted by Crippen LogP contribution is -2.21. The van der Waals surface area contributed by atoms with E-state index in [9.17, 15) is 0 Å². The van der Waals surface area contributed by atoms with Crippen LogP contribution < -0.4 is 5.32 Å². The normalized spacial score (nSPS) is 12.9. The van der Waals surface area contributed by atoms with Gasteiger partial charge in [0, 0.05) is 17.1 Å². The summed E-state index contributed by atoms with van der Waals surface area (Å²) in [6.45, 7) is 2.20. The van der Waals surface area contributed by atoms with Crippen LogP contribution >= 0.6 is 0 Å². The summed E-state index contributed by atoms with van der Waals surface area (Å²) in [5, 5.41) is 4.46. The average molecular weight is 214 g/mol. The van der Waals surface area contributed by atoms with Gasteiger partial charge < -0.3 is 5.32 Å². The number of para-hydroxylation sites is 1. The topological polar surface area (TPSA) is 24.9 Å². The van der Waals surface area contributed by atoms with E-state index in [1.807, 2.05) is 19.2 Å². The minimum absolute atomic E-state index is 0.549. The fourth-order valence-electron chi connectivity index (χ4n) is 1.76. The molecule has 2 aromatic rings. The predicted octanol–water partition coefficient (Wildman–Crippen LogP) is 2.78. The minimum Gasteiger partial charge on any atom is -0.317 e. The van der Waals surface area contributed by atoms with Gasteiger partial charge in [-0.2, -0.15) is 0 Å². The molecule has 0 amide bonds. The van der Waals surface area contributed by atoms with Crippen LogP contribution in [-0.2, 0) is 6.42 Å². The van der Waals surface area contributed by atoms with Crippen molar-refractivity contribution >= 4 is 10.9 Å². The van der Waals surface area contributed by atoms with Crippen LogP contribution in [0.15, 0.2) is 36.4 Å². The molecule has 0 spiro atoms. The molecule has 1 aromatic carbocycles. The molecule has 2 heteroatoms. The molecule has 2 nitrogen and oxygen atoms in total. The number of hydrogen-bond donors (Lipinski definition) is 1. The Kier molecular flexibility index (Phi) is 3.52. The van der Waals surface area contributed by atoms with Gasteiger partial charge in [-0.3, -0.25) is 4.98 Å². The van der Waals surface area contributed by atoms with Gasteiger partial charge in [0.25, 0.3) is 0 Å². The van der Waals surface area contributed by atoms with Crippen LogP contribution in [0.25, 0.3) is 10.9 Å². The smallest absolute Gasteiger partial charge is 0.0705 e. The van der Waals surface area contributed by atoms with E-state index in [1.165, 1.54) is 11.1 Å². The Hall–Kier alpha value is -1.41. The standard InChI is InChI=1S/C14H18N2/c1-11(15-2)7-9-13-10-8-12-5-3-4-6-14(12)16-13/h3-6,8,10-11,15H,7,9H2,1-2H3. The number of fused-ring (bicyclic) bond motifs is 1. The van der Waals surface area contributed by atoms with Crippen LogP contribution in [-0.4, -0.2) is 18.1 Å². The molecule has 0 aliphatic heterocycles. The lowest BCUT2D eigenvalue weighted by molar-refractivity contribution is 0.562. The Morgan fingerprint density at radius 1 is 1.19 bits per heavy atom. The fraction of sp³-hybridized carbons (Fsp3) is 0.357. The van der Waals surface area contributed by atoms with E-state index in [-0.39, 0.29) is 0 Å². The zero-order valence-electron chi connectivity index (χ0n) is 9.90. The van der Waals surface area contributed by atoms with Gasteiger partial charge >= 0.3 is 0 Å². The highest BCUT2D eigenvalue weighted by atomic mass is 14.8. The number of nitrogens with one attached hydrogen (secondary N) is 1. The molecule has 1 atom stereocenters. The molecule has 2 rings (SSSR count). The van der Waals surface area contributed by atoms with Gasteiger partial charge in [0.1, 0.15) is 0 Å². The first kappa shape index (κ1) is 11.1. The molecule has 1 N–H and O–H groups in total. The van der Waals surface area contributed by atoms with E-state index >= 15 is 0 Å². The quantitative estimate of drug-likeness (QED) is 0.846. The first-order chi connectivity index (χ1) is 7.79. The van der Waals surface area contributed by atoms with Crippen molar-refractivity contribution in [3.63, 3.8) is 0 Å². The zero-order chi connectivity index (χ0) is 11.4. The average Bonchev–Trinajstić information content (AvgIpc) is 2.35. The van der Waals surface area contributed by atoms with Crippen LogP contribution in [0.2, 0.25) is 0 Å². The van der Waals surface area contributed by atoms with Crippen molar-refractivity contribution in [1.29, 1.82) is 0 Å². The number of aromatic nitrogens is 1. The lowest BCUT2D eigenvalue weighted by Gasteiger charge is -2.09. The molecule has 0 radical (unpaired) electrons. The van der Waals surface area contributed by atoms with E-state index in [4.69, 9.17) is 0 Å². The summed E-state index contributed by atoms with van der Waals surface area (Å²) in [5.41, 5.74) is 2.28. The summed E-state index contributed by atoms with van der Waals surface area (Å²) >= 11 is 0. The van der Waals surface area contributed by atoms with Crippen molar-refractivity contribution in [3.8, 4) is 0 Å². The minimum atomic E-state index is 0.549. The summed E-state index contributed by atoms with van der Waals surface area (Å²) in [5.74, 6) is 0. The number of benzene rings is 1. The monoisotopic (exact) mass is 214 g/mol. The highest BCUT2D eigenvalue weighted by Gasteiger charge is 2.01. The van der Waals surface area contributed by atoms with Gasteiger partial charge in [0.2, 0.25) is 0 Å².